The molecule has 86 heavy (non-hydrogen) atoms. The molecule has 0 saturated carbocycles. The second-order valence-corrected chi connectivity index (χ2v) is 28.5. The van der Waals surface area contributed by atoms with Gasteiger partial charge in [-0.1, -0.05) is 242 Å². The zero-order valence-electron chi connectivity index (χ0n) is 52.6. The molecule has 0 atom stereocenters. The van der Waals surface area contributed by atoms with Gasteiger partial charge in [0.1, 0.15) is 11.6 Å². The fourth-order valence-corrected chi connectivity index (χ4v) is 12.1. The molecular weight excluding hydrogens is 1230 g/mol. The number of phenols is 1. The molecule has 0 saturated heterocycles. The van der Waals surface area contributed by atoms with Crippen molar-refractivity contribution in [3.63, 3.8) is 0 Å². The third-order valence-electron chi connectivity index (χ3n) is 17.1. The van der Waals surface area contributed by atoms with Crippen LogP contribution in [0.25, 0.3) is 111 Å². The number of aromatic hydroxyl groups is 1. The van der Waals surface area contributed by atoms with Crippen molar-refractivity contribution in [2.24, 2.45) is 0 Å². The van der Waals surface area contributed by atoms with Gasteiger partial charge in [-0.3, -0.25) is 9.55 Å². The van der Waals surface area contributed by atoms with E-state index in [1.165, 1.54) is 27.5 Å². The van der Waals surface area contributed by atoms with Crippen molar-refractivity contribution < 1.29 is 26.2 Å². The van der Waals surface area contributed by atoms with Crippen LogP contribution in [-0.2, 0) is 48.1 Å². The summed E-state index contributed by atoms with van der Waals surface area (Å²) in [4.78, 5) is 11.0. The molecule has 9 aromatic carbocycles. The molecule has 0 spiro atoms. The molecule has 0 fully saturated rings. The Balaban J connectivity index is 0.00000768. The second kappa shape index (κ2) is 22.0. The summed E-state index contributed by atoms with van der Waals surface area (Å²) >= 11 is 0. The average Bonchev–Trinajstić information content (AvgIpc) is 1.63. The van der Waals surface area contributed by atoms with Crippen LogP contribution in [0.2, 0.25) is 0 Å². The Morgan fingerprint density at radius 1 is 0.384 bits per heavy atom. The minimum atomic E-state index is -0.375. The van der Waals surface area contributed by atoms with Gasteiger partial charge in [-0.05, 0) is 126 Å². The van der Waals surface area contributed by atoms with E-state index in [-0.39, 0.29) is 53.9 Å². The minimum Gasteiger partial charge on any atom is -0.507 e. The van der Waals surface area contributed by atoms with Crippen LogP contribution in [0.4, 0.5) is 0 Å². The Morgan fingerprint density at radius 2 is 0.977 bits per heavy atom. The fraction of sp³-hybridized carbons (Fsp3) is 0.250. The summed E-state index contributed by atoms with van der Waals surface area (Å²) < 4.78 is 4.74. The van der Waals surface area contributed by atoms with E-state index in [1.807, 2.05) is 6.20 Å². The smallest absolute Gasteiger partial charge is 0.148 e. The van der Waals surface area contributed by atoms with Crippen LogP contribution >= 0.6 is 0 Å². The first kappa shape index (κ1) is 59.6. The number of para-hydroxylation sites is 3. The number of aromatic nitrogens is 4. The quantitative estimate of drug-likeness (QED) is 0.154. The van der Waals surface area contributed by atoms with Crippen molar-refractivity contribution in [2.45, 2.75) is 131 Å². The van der Waals surface area contributed by atoms with E-state index in [0.717, 1.165) is 100 Å². The maximum absolute atomic E-state index is 13.0. The van der Waals surface area contributed by atoms with Gasteiger partial charge in [0.15, 0.2) is 0 Å². The van der Waals surface area contributed by atoms with Crippen LogP contribution in [0, 0.1) is 6.07 Å². The Labute approximate surface area is 524 Å². The third kappa shape index (κ3) is 11.1. The number of imidazole rings is 1. The largest absolute Gasteiger partial charge is 0.507 e. The van der Waals surface area contributed by atoms with Crippen LogP contribution < -0.4 is 0 Å². The Morgan fingerprint density at radius 3 is 1.64 bits per heavy atom. The van der Waals surface area contributed by atoms with Crippen LogP contribution in [0.5, 0.6) is 5.75 Å². The summed E-state index contributed by atoms with van der Waals surface area (Å²) in [5.41, 5.74) is 21.6. The summed E-state index contributed by atoms with van der Waals surface area (Å²) in [6.07, 6.45) is 1.93. The Kier molecular flexibility index (Phi) is 15.2. The first-order valence-electron chi connectivity index (χ1n) is 30.1. The molecule has 6 heteroatoms. The van der Waals surface area contributed by atoms with Crippen molar-refractivity contribution in [3.05, 3.63) is 234 Å². The molecule has 12 aromatic rings. The normalized spacial score (nSPS) is 12.5. The van der Waals surface area contributed by atoms with Crippen molar-refractivity contribution in [3.8, 4) is 84.3 Å². The first-order chi connectivity index (χ1) is 40.2. The number of pyridine rings is 1. The number of fused-ring (bicyclic) bond motifs is 4. The average molecular weight is 1310 g/mol. The summed E-state index contributed by atoms with van der Waals surface area (Å²) in [6.45, 7) is 33.9. The van der Waals surface area contributed by atoms with Gasteiger partial charge in [0.2, 0.25) is 0 Å². The standard InChI is InChI=1S/C80H79N4O.Pt/c1-76(2,3)55-36-37-61(50-26-18-16-19-27-50)65(47-55)54-41-66(51-28-24-29-53(40-51)69-42-52(38-39-81-69)62-33-25-34-64-63-32-22-23-35-70(63)83(73(62)64)59-30-20-17-21-31-59)72-71(43-54)84(60-45-56(77(4,5)6)44-57(46-60)78(7,8)9)75(82-72)67-48-58(79(10,11)12)49-68(74(67)85)80(13,14)15;/h16-39,41-49,85H,1-15H3;/q-1;. The van der Waals surface area contributed by atoms with Crippen molar-refractivity contribution in [2.75, 3.05) is 0 Å². The number of hydrogen-bond acceptors (Lipinski definition) is 3. The van der Waals surface area contributed by atoms with E-state index in [4.69, 9.17) is 9.97 Å². The van der Waals surface area contributed by atoms with Crippen molar-refractivity contribution >= 4 is 32.8 Å². The summed E-state index contributed by atoms with van der Waals surface area (Å²) in [7, 11) is 0. The second-order valence-electron chi connectivity index (χ2n) is 28.5. The Hall–Kier alpha value is -8.11. The number of benzene rings is 9. The van der Waals surface area contributed by atoms with E-state index in [1.54, 1.807) is 0 Å². The molecule has 12 rings (SSSR count). The number of rotatable bonds is 8. The van der Waals surface area contributed by atoms with Crippen molar-refractivity contribution in [1.82, 2.24) is 19.1 Å². The van der Waals surface area contributed by atoms with E-state index in [9.17, 15) is 5.11 Å². The van der Waals surface area contributed by atoms with Gasteiger partial charge in [-0.15, -0.1) is 29.8 Å². The number of nitrogens with zero attached hydrogens (tertiary/aromatic N) is 4. The molecule has 3 heterocycles. The summed E-state index contributed by atoms with van der Waals surface area (Å²) in [5.74, 6) is 0.915. The van der Waals surface area contributed by atoms with E-state index in [0.29, 0.717) is 11.4 Å². The molecule has 0 aliphatic heterocycles. The first-order valence-corrected chi connectivity index (χ1v) is 30.1. The zero-order chi connectivity index (χ0) is 60.1. The third-order valence-corrected chi connectivity index (χ3v) is 17.1. The van der Waals surface area contributed by atoms with Gasteiger partial charge < -0.3 is 9.67 Å². The van der Waals surface area contributed by atoms with Gasteiger partial charge in [0.05, 0.1) is 27.6 Å². The summed E-state index contributed by atoms with van der Waals surface area (Å²) in [6, 6.07) is 74.6. The molecule has 0 bridgehead atoms. The zero-order valence-corrected chi connectivity index (χ0v) is 54.9. The van der Waals surface area contributed by atoms with Gasteiger partial charge >= 0.3 is 0 Å². The van der Waals surface area contributed by atoms with E-state index in [2.05, 4.69) is 313 Å². The maximum Gasteiger partial charge on any atom is 0.148 e. The minimum absolute atomic E-state index is 0. The monoisotopic (exact) mass is 1310 g/mol. The molecule has 0 amide bonds. The molecule has 0 radical (unpaired) electrons. The van der Waals surface area contributed by atoms with E-state index >= 15 is 0 Å². The topological polar surface area (TPSA) is 55.9 Å². The molecule has 1 N–H and O–H groups in total. The number of hydrogen-bond donors (Lipinski definition) is 1. The fourth-order valence-electron chi connectivity index (χ4n) is 12.1. The predicted molar refractivity (Wildman–Crippen MR) is 360 cm³/mol. The van der Waals surface area contributed by atoms with Crippen LogP contribution in [0.1, 0.15) is 132 Å². The van der Waals surface area contributed by atoms with Gasteiger partial charge in [-0.2, -0.15) is 0 Å². The van der Waals surface area contributed by atoms with Crippen molar-refractivity contribution in [1.29, 1.82) is 0 Å². The number of phenolic OH excluding ortho intramolecular Hbond substituents is 1. The Bertz CT molecular complexity index is 4510. The molecule has 0 aliphatic carbocycles. The SMILES string of the molecule is CC(C)(C)c1cc(-n2c(-c3cc(C(C)(C)C)cc(C(C)(C)C)c3O)nc3c(-c4[c-]c(-c5cc(-c6cccc7c8ccccc8n(-c8ccccc8)c67)ccn5)ccc4)cc(-c4cc(C(C)(C)C)ccc4-c4ccccc4)cc32)cc(C(C)(C)C)c1.[Pt]. The maximum atomic E-state index is 13.0. The molecule has 3 aromatic heterocycles. The van der Waals surface area contributed by atoms with Gasteiger partial charge in [0.25, 0.3) is 0 Å². The van der Waals surface area contributed by atoms with Gasteiger partial charge in [-0.25, -0.2) is 4.98 Å². The van der Waals surface area contributed by atoms with Crippen LogP contribution in [0.3, 0.4) is 0 Å². The van der Waals surface area contributed by atoms with Crippen LogP contribution in [-0.4, -0.2) is 24.2 Å². The molecule has 0 aliphatic rings. The molecule has 436 valence electrons. The van der Waals surface area contributed by atoms with Gasteiger partial charge in [0, 0.05) is 66.2 Å². The molecule has 5 nitrogen and oxygen atoms in total. The van der Waals surface area contributed by atoms with Crippen LogP contribution in [0.15, 0.2) is 200 Å². The molecule has 0 unspecified atom stereocenters. The van der Waals surface area contributed by atoms with E-state index < -0.39 is 0 Å². The molecular formula is C80H79N4OPt-. The predicted octanol–water partition coefficient (Wildman–Crippen LogP) is 21.5. The summed E-state index contributed by atoms with van der Waals surface area (Å²) in [5, 5.41) is 15.4.